The van der Waals surface area contributed by atoms with Gasteiger partial charge >= 0.3 is 0 Å². The number of hydrogen-bond donors (Lipinski definition) is 2. The first-order chi connectivity index (χ1) is 11.6. The number of aliphatic hydroxyl groups is 1. The molecule has 1 saturated heterocycles. The van der Waals surface area contributed by atoms with Crippen LogP contribution in [0.25, 0.3) is 0 Å². The van der Waals surface area contributed by atoms with Crippen LogP contribution >= 0.6 is 11.6 Å². The van der Waals surface area contributed by atoms with Gasteiger partial charge in [0.2, 0.25) is 0 Å². The lowest BCUT2D eigenvalue weighted by atomic mass is 10.0. The summed E-state index contributed by atoms with van der Waals surface area (Å²) in [5, 5.41) is 14.1. The average Bonchev–Trinajstić information content (AvgIpc) is 2.99. The molecule has 0 amide bonds. The van der Waals surface area contributed by atoms with Crippen LogP contribution in [0.4, 0.5) is 0 Å². The van der Waals surface area contributed by atoms with Crippen molar-refractivity contribution in [3.8, 4) is 0 Å². The second kappa shape index (κ2) is 8.13. The molecule has 0 aromatic heterocycles. The topological polar surface area (TPSA) is 35.5 Å². The third kappa shape index (κ3) is 4.58. The smallest absolute Gasteiger partial charge is 0.0679 e. The maximum absolute atomic E-state index is 9.71. The number of halogens is 1. The highest BCUT2D eigenvalue weighted by molar-refractivity contribution is 6.30. The summed E-state index contributed by atoms with van der Waals surface area (Å²) < 4.78 is 0. The molecule has 1 aliphatic rings. The third-order valence-electron chi connectivity index (χ3n) is 4.71. The molecule has 3 nitrogen and oxygen atoms in total. The van der Waals surface area contributed by atoms with E-state index in [-0.39, 0.29) is 12.1 Å². The Balaban J connectivity index is 1.62. The van der Waals surface area contributed by atoms with Crippen molar-refractivity contribution in [2.45, 2.75) is 38.6 Å². The fourth-order valence-electron chi connectivity index (χ4n) is 3.24. The van der Waals surface area contributed by atoms with Gasteiger partial charge in [-0.2, -0.15) is 0 Å². The Bertz CT molecular complexity index is 676. The fraction of sp³-hybridized carbons (Fsp3) is 0.400. The van der Waals surface area contributed by atoms with E-state index in [0.29, 0.717) is 0 Å². The Morgan fingerprint density at radius 2 is 2.00 bits per heavy atom. The van der Waals surface area contributed by atoms with Gasteiger partial charge < -0.3 is 10.4 Å². The van der Waals surface area contributed by atoms with Crippen molar-refractivity contribution in [3.63, 3.8) is 0 Å². The molecule has 128 valence electrons. The van der Waals surface area contributed by atoms with Crippen molar-refractivity contribution < 1.29 is 5.11 Å². The summed E-state index contributed by atoms with van der Waals surface area (Å²) in [5.74, 6) is 0. The molecule has 0 aliphatic carbocycles. The van der Waals surface area contributed by atoms with Crippen LogP contribution in [-0.4, -0.2) is 29.2 Å². The molecule has 0 bridgehead atoms. The Kier molecular flexibility index (Phi) is 5.90. The normalized spacial score (nSPS) is 19.5. The van der Waals surface area contributed by atoms with E-state index in [4.69, 9.17) is 11.6 Å². The van der Waals surface area contributed by atoms with E-state index in [0.717, 1.165) is 37.6 Å². The molecule has 3 rings (SSSR count). The van der Waals surface area contributed by atoms with Gasteiger partial charge in [-0.25, -0.2) is 0 Å². The van der Waals surface area contributed by atoms with E-state index in [1.165, 1.54) is 16.7 Å². The van der Waals surface area contributed by atoms with Crippen LogP contribution < -0.4 is 5.32 Å². The van der Waals surface area contributed by atoms with E-state index in [9.17, 15) is 5.11 Å². The molecule has 0 saturated carbocycles. The first-order valence-electron chi connectivity index (χ1n) is 8.58. The molecular weight excluding hydrogens is 320 g/mol. The predicted molar refractivity (Wildman–Crippen MR) is 99.0 cm³/mol. The highest BCUT2D eigenvalue weighted by Gasteiger charge is 2.20. The van der Waals surface area contributed by atoms with Gasteiger partial charge in [-0.15, -0.1) is 0 Å². The number of aliphatic hydroxyl groups excluding tert-OH is 1. The van der Waals surface area contributed by atoms with E-state index in [2.05, 4.69) is 47.5 Å². The molecule has 0 unspecified atom stereocenters. The number of hydrogen-bond acceptors (Lipinski definition) is 3. The van der Waals surface area contributed by atoms with Crippen LogP contribution in [0.2, 0.25) is 5.02 Å². The van der Waals surface area contributed by atoms with Crippen LogP contribution in [0, 0.1) is 0 Å². The first-order valence-corrected chi connectivity index (χ1v) is 8.95. The van der Waals surface area contributed by atoms with Crippen molar-refractivity contribution >= 4 is 11.6 Å². The minimum absolute atomic E-state index is 0.168. The van der Waals surface area contributed by atoms with E-state index in [1.807, 2.05) is 18.2 Å². The quantitative estimate of drug-likeness (QED) is 0.837. The summed E-state index contributed by atoms with van der Waals surface area (Å²) >= 11 is 6.08. The standard InChI is InChI=1S/C20H25ClN2O/c1-15(16-7-4-8-19(21)11-16)22-12-17-5-2-3-6-18(17)13-23-10-9-20(24)14-23/h2-8,11,15,20,22,24H,9-10,12-14H2,1H3/t15-,20-/m1/s1. The molecule has 2 aromatic rings. The maximum atomic E-state index is 9.71. The summed E-state index contributed by atoms with van der Waals surface area (Å²) in [5.41, 5.74) is 3.84. The van der Waals surface area contributed by atoms with Gasteiger partial charge in [0.1, 0.15) is 0 Å². The van der Waals surface area contributed by atoms with Gasteiger partial charge in [-0.1, -0.05) is 48.0 Å². The fourth-order valence-corrected chi connectivity index (χ4v) is 3.44. The van der Waals surface area contributed by atoms with Crippen LogP contribution in [0.15, 0.2) is 48.5 Å². The van der Waals surface area contributed by atoms with Crippen molar-refractivity contribution in [2.75, 3.05) is 13.1 Å². The zero-order valence-electron chi connectivity index (χ0n) is 14.1. The molecule has 0 spiro atoms. The summed E-state index contributed by atoms with van der Waals surface area (Å²) in [6.07, 6.45) is 0.713. The highest BCUT2D eigenvalue weighted by atomic mass is 35.5. The number of β-amino-alcohol motifs (C(OH)–C–C–N with tert-alkyl or cyclic N) is 1. The zero-order valence-corrected chi connectivity index (χ0v) is 14.8. The van der Waals surface area contributed by atoms with Crippen molar-refractivity contribution in [3.05, 3.63) is 70.2 Å². The minimum Gasteiger partial charge on any atom is -0.392 e. The van der Waals surface area contributed by atoms with Gasteiger partial charge in [0.25, 0.3) is 0 Å². The molecule has 2 atom stereocenters. The molecule has 4 heteroatoms. The molecule has 24 heavy (non-hydrogen) atoms. The lowest BCUT2D eigenvalue weighted by molar-refractivity contribution is 0.174. The summed E-state index contributed by atoms with van der Waals surface area (Å²) in [6, 6.07) is 16.8. The Labute approximate surface area is 149 Å². The van der Waals surface area contributed by atoms with Gasteiger partial charge in [-0.05, 0) is 42.2 Å². The molecule has 1 heterocycles. The lowest BCUT2D eigenvalue weighted by Gasteiger charge is -2.20. The minimum atomic E-state index is -0.168. The van der Waals surface area contributed by atoms with E-state index in [1.54, 1.807) is 0 Å². The summed E-state index contributed by atoms with van der Waals surface area (Å²) in [7, 11) is 0. The first kappa shape index (κ1) is 17.4. The second-order valence-electron chi connectivity index (χ2n) is 6.60. The Morgan fingerprint density at radius 3 is 2.71 bits per heavy atom. The third-order valence-corrected chi connectivity index (χ3v) is 4.94. The van der Waals surface area contributed by atoms with Gasteiger partial charge in [-0.3, -0.25) is 4.90 Å². The Hall–Kier alpha value is -1.39. The summed E-state index contributed by atoms with van der Waals surface area (Å²) in [4.78, 5) is 2.32. The number of benzene rings is 2. The van der Waals surface area contributed by atoms with Crippen molar-refractivity contribution in [1.29, 1.82) is 0 Å². The second-order valence-corrected chi connectivity index (χ2v) is 7.04. The van der Waals surface area contributed by atoms with Crippen LogP contribution in [0.3, 0.4) is 0 Å². The van der Waals surface area contributed by atoms with Crippen LogP contribution in [-0.2, 0) is 13.1 Å². The van der Waals surface area contributed by atoms with Crippen LogP contribution in [0.1, 0.15) is 36.1 Å². The van der Waals surface area contributed by atoms with E-state index < -0.39 is 0 Å². The van der Waals surface area contributed by atoms with Gasteiger partial charge in [0.05, 0.1) is 6.10 Å². The van der Waals surface area contributed by atoms with Crippen molar-refractivity contribution in [2.24, 2.45) is 0 Å². The zero-order chi connectivity index (χ0) is 16.9. The van der Waals surface area contributed by atoms with Gasteiger partial charge in [0, 0.05) is 37.2 Å². The largest absolute Gasteiger partial charge is 0.392 e. The number of rotatable bonds is 6. The molecule has 2 aromatic carbocycles. The SMILES string of the molecule is C[C@@H](NCc1ccccc1CN1CC[C@@H](O)C1)c1cccc(Cl)c1. The number of nitrogens with one attached hydrogen (secondary N) is 1. The summed E-state index contributed by atoms with van der Waals surface area (Å²) in [6.45, 7) is 5.63. The molecular formula is C20H25ClN2O. The molecule has 2 N–H and O–H groups in total. The Morgan fingerprint density at radius 1 is 1.21 bits per heavy atom. The predicted octanol–water partition coefficient (Wildman–Crippen LogP) is 3.76. The molecule has 0 radical (unpaired) electrons. The average molecular weight is 345 g/mol. The lowest BCUT2D eigenvalue weighted by Crippen LogP contribution is -2.24. The highest BCUT2D eigenvalue weighted by Crippen LogP contribution is 2.20. The van der Waals surface area contributed by atoms with Gasteiger partial charge in [0.15, 0.2) is 0 Å². The van der Waals surface area contributed by atoms with E-state index >= 15 is 0 Å². The monoisotopic (exact) mass is 344 g/mol. The number of nitrogens with zero attached hydrogens (tertiary/aromatic N) is 1. The number of likely N-dealkylation sites (tertiary alicyclic amines) is 1. The maximum Gasteiger partial charge on any atom is 0.0679 e. The molecule has 1 fully saturated rings. The van der Waals surface area contributed by atoms with Crippen LogP contribution in [0.5, 0.6) is 0 Å². The molecule has 1 aliphatic heterocycles. The van der Waals surface area contributed by atoms with Crippen molar-refractivity contribution in [1.82, 2.24) is 10.2 Å².